The van der Waals surface area contributed by atoms with Crippen LogP contribution in [0.3, 0.4) is 0 Å². The van der Waals surface area contributed by atoms with Gasteiger partial charge < -0.3 is 0 Å². The van der Waals surface area contributed by atoms with Crippen LogP contribution in [0.25, 0.3) is 0 Å². The molecular formula is C10H22O4S4. The van der Waals surface area contributed by atoms with Gasteiger partial charge in [-0.2, -0.15) is 23.5 Å². The Labute approximate surface area is 120 Å². The van der Waals surface area contributed by atoms with E-state index in [0.717, 1.165) is 0 Å². The van der Waals surface area contributed by atoms with Crippen molar-refractivity contribution in [3.05, 3.63) is 0 Å². The maximum atomic E-state index is 12.0. The van der Waals surface area contributed by atoms with Gasteiger partial charge in [0.1, 0.15) is 0 Å². The molecule has 0 saturated heterocycles. The SMILES string of the molecule is CC[C@@H](CS(=O)(=O)CCSC)S(=O)(=O)CCSC. The van der Waals surface area contributed by atoms with Crippen LogP contribution in [0.4, 0.5) is 0 Å². The Kier molecular flexibility index (Phi) is 9.00. The number of thioether (sulfide) groups is 2. The first-order valence-corrected chi connectivity index (χ1v) is 12.0. The van der Waals surface area contributed by atoms with Gasteiger partial charge in [-0.25, -0.2) is 16.8 Å². The summed E-state index contributed by atoms with van der Waals surface area (Å²) >= 11 is 2.91. The van der Waals surface area contributed by atoms with Crippen molar-refractivity contribution in [2.24, 2.45) is 0 Å². The van der Waals surface area contributed by atoms with Crippen LogP contribution in [0, 0.1) is 0 Å². The van der Waals surface area contributed by atoms with E-state index < -0.39 is 24.9 Å². The normalized spacial score (nSPS) is 14.6. The molecule has 0 aromatic heterocycles. The molecule has 18 heavy (non-hydrogen) atoms. The van der Waals surface area contributed by atoms with E-state index in [1.54, 1.807) is 6.92 Å². The van der Waals surface area contributed by atoms with E-state index in [0.29, 0.717) is 17.9 Å². The molecule has 0 amide bonds. The number of rotatable bonds is 10. The Morgan fingerprint density at radius 3 is 1.89 bits per heavy atom. The summed E-state index contributed by atoms with van der Waals surface area (Å²) in [4.78, 5) is 0. The highest BCUT2D eigenvalue weighted by atomic mass is 32.2. The summed E-state index contributed by atoms with van der Waals surface area (Å²) in [6.07, 6.45) is 4.03. The summed E-state index contributed by atoms with van der Waals surface area (Å²) in [7, 11) is -6.57. The molecular weight excluding hydrogens is 312 g/mol. The first kappa shape index (κ1) is 18.6. The first-order chi connectivity index (χ1) is 8.29. The minimum absolute atomic E-state index is 0.0582. The average Bonchev–Trinajstić information content (AvgIpc) is 2.31. The van der Waals surface area contributed by atoms with Gasteiger partial charge in [-0.15, -0.1) is 0 Å². The maximum absolute atomic E-state index is 12.0. The van der Waals surface area contributed by atoms with E-state index in [1.165, 1.54) is 23.5 Å². The van der Waals surface area contributed by atoms with Gasteiger partial charge >= 0.3 is 0 Å². The van der Waals surface area contributed by atoms with Crippen molar-refractivity contribution in [2.45, 2.75) is 18.6 Å². The molecule has 110 valence electrons. The van der Waals surface area contributed by atoms with Gasteiger partial charge in [0, 0.05) is 11.5 Å². The second-order valence-corrected chi connectivity index (χ2v) is 10.6. The van der Waals surface area contributed by atoms with E-state index in [9.17, 15) is 16.8 Å². The molecule has 0 radical (unpaired) electrons. The van der Waals surface area contributed by atoms with Crippen molar-refractivity contribution in [2.75, 3.05) is 41.3 Å². The molecule has 0 aliphatic carbocycles. The monoisotopic (exact) mass is 334 g/mol. The molecule has 0 aromatic carbocycles. The second kappa shape index (κ2) is 8.71. The van der Waals surface area contributed by atoms with Crippen molar-refractivity contribution in [3.8, 4) is 0 Å². The van der Waals surface area contributed by atoms with E-state index in [4.69, 9.17) is 0 Å². The highest BCUT2D eigenvalue weighted by Crippen LogP contribution is 2.13. The highest BCUT2D eigenvalue weighted by molar-refractivity contribution is 8.01. The van der Waals surface area contributed by atoms with Crippen molar-refractivity contribution in [1.82, 2.24) is 0 Å². The van der Waals surface area contributed by atoms with Crippen molar-refractivity contribution >= 4 is 43.2 Å². The fourth-order valence-corrected chi connectivity index (χ4v) is 7.96. The van der Waals surface area contributed by atoms with Gasteiger partial charge in [0.15, 0.2) is 19.7 Å². The van der Waals surface area contributed by atoms with Crippen LogP contribution in [0.5, 0.6) is 0 Å². The topological polar surface area (TPSA) is 68.3 Å². The lowest BCUT2D eigenvalue weighted by Gasteiger charge is -2.15. The third kappa shape index (κ3) is 7.25. The third-order valence-electron chi connectivity index (χ3n) is 2.57. The fraction of sp³-hybridized carbons (Fsp3) is 1.00. The van der Waals surface area contributed by atoms with Gasteiger partial charge in [0.25, 0.3) is 0 Å². The molecule has 0 aromatic rings. The van der Waals surface area contributed by atoms with Crippen molar-refractivity contribution in [1.29, 1.82) is 0 Å². The van der Waals surface area contributed by atoms with Crippen LogP contribution in [-0.2, 0) is 19.7 Å². The molecule has 0 aliphatic rings. The summed E-state index contributed by atoms with van der Waals surface area (Å²) < 4.78 is 47.6. The van der Waals surface area contributed by atoms with Crippen molar-refractivity contribution in [3.63, 3.8) is 0 Å². The quantitative estimate of drug-likeness (QED) is 0.600. The van der Waals surface area contributed by atoms with Crippen LogP contribution in [0.1, 0.15) is 13.3 Å². The predicted octanol–water partition coefficient (Wildman–Crippen LogP) is 1.32. The number of sulfone groups is 2. The van der Waals surface area contributed by atoms with Gasteiger partial charge in [-0.1, -0.05) is 6.92 Å². The molecule has 8 heteroatoms. The zero-order valence-electron chi connectivity index (χ0n) is 11.1. The van der Waals surface area contributed by atoms with Crippen LogP contribution < -0.4 is 0 Å². The first-order valence-electron chi connectivity index (χ1n) is 5.69. The zero-order chi connectivity index (χ0) is 14.2. The van der Waals surface area contributed by atoms with E-state index >= 15 is 0 Å². The minimum Gasteiger partial charge on any atom is -0.229 e. The fourth-order valence-electron chi connectivity index (χ4n) is 1.42. The van der Waals surface area contributed by atoms with Crippen LogP contribution in [0.2, 0.25) is 0 Å². The lowest BCUT2D eigenvalue weighted by atomic mass is 10.4. The molecule has 0 saturated carbocycles. The molecule has 0 fully saturated rings. The second-order valence-electron chi connectivity index (χ2n) is 4.00. The van der Waals surface area contributed by atoms with Crippen LogP contribution in [0.15, 0.2) is 0 Å². The average molecular weight is 335 g/mol. The summed E-state index contributed by atoms with van der Waals surface area (Å²) in [5.41, 5.74) is 0. The highest BCUT2D eigenvalue weighted by Gasteiger charge is 2.28. The summed E-state index contributed by atoms with van der Waals surface area (Å²) in [6, 6.07) is 0. The maximum Gasteiger partial charge on any atom is 0.154 e. The molecule has 0 rings (SSSR count). The molecule has 0 heterocycles. The number of hydrogen-bond acceptors (Lipinski definition) is 6. The van der Waals surface area contributed by atoms with Crippen LogP contribution >= 0.6 is 23.5 Å². The van der Waals surface area contributed by atoms with Gasteiger partial charge in [0.05, 0.1) is 22.5 Å². The lowest BCUT2D eigenvalue weighted by molar-refractivity contribution is 0.572. The summed E-state index contributed by atoms with van der Waals surface area (Å²) in [5, 5.41) is -0.753. The molecule has 0 bridgehead atoms. The Morgan fingerprint density at radius 2 is 1.44 bits per heavy atom. The molecule has 0 N–H and O–H groups in total. The molecule has 0 unspecified atom stereocenters. The summed E-state index contributed by atoms with van der Waals surface area (Å²) in [5.74, 6) is 0.918. The molecule has 1 atom stereocenters. The third-order valence-corrected chi connectivity index (χ3v) is 8.55. The predicted molar refractivity (Wildman–Crippen MR) is 83.3 cm³/mol. The molecule has 0 spiro atoms. The smallest absolute Gasteiger partial charge is 0.154 e. The zero-order valence-corrected chi connectivity index (χ0v) is 14.4. The van der Waals surface area contributed by atoms with Gasteiger partial charge in [-0.05, 0) is 18.9 Å². The van der Waals surface area contributed by atoms with E-state index in [2.05, 4.69) is 0 Å². The largest absolute Gasteiger partial charge is 0.229 e. The summed E-state index contributed by atoms with van der Waals surface area (Å²) in [6.45, 7) is 1.73. The Morgan fingerprint density at radius 1 is 0.944 bits per heavy atom. The lowest BCUT2D eigenvalue weighted by Crippen LogP contribution is -2.33. The number of hydrogen-bond donors (Lipinski definition) is 0. The molecule has 4 nitrogen and oxygen atoms in total. The van der Waals surface area contributed by atoms with E-state index in [1.807, 2.05) is 12.5 Å². The minimum atomic E-state index is -3.30. The van der Waals surface area contributed by atoms with Gasteiger partial charge in [-0.3, -0.25) is 0 Å². The van der Waals surface area contributed by atoms with E-state index in [-0.39, 0.29) is 17.3 Å². The standard InChI is InChI=1S/C10H22O4S4/c1-4-10(18(13,14)8-6-16-3)9-17(11,12)7-5-15-2/h10H,4-9H2,1-3H3/t10-/m0/s1. The van der Waals surface area contributed by atoms with Crippen LogP contribution in [-0.4, -0.2) is 63.4 Å². The van der Waals surface area contributed by atoms with Gasteiger partial charge in [0.2, 0.25) is 0 Å². The van der Waals surface area contributed by atoms with Crippen molar-refractivity contribution < 1.29 is 16.8 Å². The Bertz CT molecular complexity index is 413. The Hall–Kier alpha value is 0.600. The Balaban J connectivity index is 4.70. The molecule has 0 aliphatic heterocycles.